The van der Waals surface area contributed by atoms with Crippen molar-refractivity contribution >= 4 is 28.3 Å². The van der Waals surface area contributed by atoms with E-state index in [4.69, 9.17) is 0 Å². The molecule has 2 aliphatic rings. The van der Waals surface area contributed by atoms with Crippen molar-refractivity contribution in [2.75, 3.05) is 18.0 Å². The van der Waals surface area contributed by atoms with Crippen LogP contribution in [-0.2, 0) is 0 Å². The molecule has 1 saturated heterocycles. The highest BCUT2D eigenvalue weighted by Crippen LogP contribution is 2.24. The van der Waals surface area contributed by atoms with Crippen LogP contribution in [0.1, 0.15) is 41.9 Å². The summed E-state index contributed by atoms with van der Waals surface area (Å²) < 4.78 is 0. The first-order chi connectivity index (χ1) is 15.3. The van der Waals surface area contributed by atoms with Crippen molar-refractivity contribution in [3.05, 3.63) is 84.0 Å². The number of aromatic nitrogens is 3. The van der Waals surface area contributed by atoms with Crippen molar-refractivity contribution in [3.8, 4) is 0 Å². The van der Waals surface area contributed by atoms with Crippen LogP contribution in [0.4, 0.5) is 5.69 Å². The molecule has 6 heteroatoms. The number of hydrogen-bond donors (Lipinski definition) is 2. The second-order valence-corrected chi connectivity index (χ2v) is 7.95. The van der Waals surface area contributed by atoms with Gasteiger partial charge < -0.3 is 15.2 Å². The van der Waals surface area contributed by atoms with Gasteiger partial charge in [0, 0.05) is 48.2 Å². The summed E-state index contributed by atoms with van der Waals surface area (Å²) in [5.41, 5.74) is 5.27. The van der Waals surface area contributed by atoms with Crippen LogP contribution in [0.25, 0.3) is 16.7 Å². The van der Waals surface area contributed by atoms with Crippen LogP contribution in [0, 0.1) is 0 Å². The second-order valence-electron chi connectivity index (χ2n) is 7.95. The van der Waals surface area contributed by atoms with Gasteiger partial charge in [-0.05, 0) is 61.7 Å². The van der Waals surface area contributed by atoms with E-state index in [1.807, 2.05) is 60.7 Å². The highest BCUT2D eigenvalue weighted by Gasteiger charge is 2.15. The molecule has 2 aromatic heterocycles. The Bertz CT molecular complexity index is 1150. The first-order valence-electron chi connectivity index (χ1n) is 10.8. The molecular weight excluding hydrogens is 386 g/mol. The van der Waals surface area contributed by atoms with Crippen molar-refractivity contribution in [1.82, 2.24) is 20.3 Å². The van der Waals surface area contributed by atoms with E-state index in [1.165, 1.54) is 24.9 Å². The third-order valence-corrected chi connectivity index (χ3v) is 5.77. The van der Waals surface area contributed by atoms with Crippen LogP contribution in [0.2, 0.25) is 0 Å². The Balaban J connectivity index is 1.28. The van der Waals surface area contributed by atoms with Gasteiger partial charge in [-0.3, -0.25) is 4.79 Å². The average Bonchev–Trinajstić information content (AvgIpc) is 3.12. The lowest BCUT2D eigenvalue weighted by atomic mass is 10.1. The number of allylic oxidation sites excluding steroid dienone is 5. The third kappa shape index (κ3) is 4.28. The van der Waals surface area contributed by atoms with Crippen LogP contribution < -0.4 is 10.2 Å². The number of nitrogens with zero attached hydrogens (tertiary/aromatic N) is 3. The molecule has 6 nitrogen and oxygen atoms in total. The van der Waals surface area contributed by atoms with Gasteiger partial charge in [0.1, 0.15) is 5.82 Å². The molecule has 5 rings (SSSR count). The van der Waals surface area contributed by atoms with Gasteiger partial charge in [0.05, 0.1) is 5.52 Å². The van der Waals surface area contributed by atoms with E-state index in [2.05, 4.69) is 25.2 Å². The first kappa shape index (κ1) is 19.3. The lowest BCUT2D eigenvalue weighted by Crippen LogP contribution is -2.29. The summed E-state index contributed by atoms with van der Waals surface area (Å²) in [6, 6.07) is 11.8. The zero-order valence-corrected chi connectivity index (χ0v) is 17.3. The van der Waals surface area contributed by atoms with Crippen molar-refractivity contribution in [1.29, 1.82) is 0 Å². The first-order valence-corrected chi connectivity index (χ1v) is 10.8. The van der Waals surface area contributed by atoms with Gasteiger partial charge in [-0.15, -0.1) is 0 Å². The molecule has 0 atom stereocenters. The van der Waals surface area contributed by atoms with Crippen molar-refractivity contribution in [3.63, 3.8) is 0 Å². The van der Waals surface area contributed by atoms with E-state index in [1.54, 1.807) is 6.20 Å². The fraction of sp³-hybridized carbons (Fsp3) is 0.240. The van der Waals surface area contributed by atoms with E-state index in [0.717, 1.165) is 35.7 Å². The van der Waals surface area contributed by atoms with E-state index in [0.29, 0.717) is 17.6 Å². The molecule has 2 N–H and O–H groups in total. The Kier molecular flexibility index (Phi) is 5.35. The summed E-state index contributed by atoms with van der Waals surface area (Å²) in [5, 5.41) is 3.07. The molecule has 1 fully saturated rings. The van der Waals surface area contributed by atoms with Gasteiger partial charge in [0.25, 0.3) is 5.91 Å². The summed E-state index contributed by atoms with van der Waals surface area (Å²) in [4.78, 5) is 27.4. The molecule has 1 aliphatic carbocycles. The number of pyridine rings is 1. The minimum atomic E-state index is -0.0997. The quantitative estimate of drug-likeness (QED) is 0.658. The predicted octanol–water partition coefficient (Wildman–Crippen LogP) is 4.61. The van der Waals surface area contributed by atoms with E-state index in [9.17, 15) is 4.79 Å². The molecule has 3 aromatic rings. The Morgan fingerprint density at radius 3 is 2.61 bits per heavy atom. The maximum absolute atomic E-state index is 12.9. The van der Waals surface area contributed by atoms with Gasteiger partial charge in [-0.25, -0.2) is 9.97 Å². The number of benzene rings is 1. The van der Waals surface area contributed by atoms with E-state index >= 15 is 0 Å². The monoisotopic (exact) mass is 411 g/mol. The van der Waals surface area contributed by atoms with Crippen molar-refractivity contribution in [2.45, 2.75) is 25.7 Å². The number of imidazole rings is 1. The Morgan fingerprint density at radius 1 is 1.00 bits per heavy atom. The lowest BCUT2D eigenvalue weighted by Gasteiger charge is -2.28. The van der Waals surface area contributed by atoms with Crippen LogP contribution in [0.15, 0.2) is 72.6 Å². The minimum Gasteiger partial charge on any atom is -0.372 e. The number of aromatic amines is 1. The zero-order chi connectivity index (χ0) is 21.0. The molecule has 0 unspecified atom stereocenters. The van der Waals surface area contributed by atoms with Crippen molar-refractivity contribution < 1.29 is 4.79 Å². The number of H-pyrrole nitrogens is 1. The fourth-order valence-corrected chi connectivity index (χ4v) is 4.11. The van der Waals surface area contributed by atoms with Crippen LogP contribution in [0.3, 0.4) is 0 Å². The molecule has 0 bridgehead atoms. The Labute approximate surface area is 181 Å². The molecule has 0 radical (unpaired) electrons. The summed E-state index contributed by atoms with van der Waals surface area (Å²) >= 11 is 0. The summed E-state index contributed by atoms with van der Waals surface area (Å²) in [6.45, 7) is 2.19. The zero-order valence-electron chi connectivity index (χ0n) is 17.3. The smallest absolute Gasteiger partial charge is 0.255 e. The van der Waals surface area contributed by atoms with Gasteiger partial charge in [0.2, 0.25) is 0 Å². The standard InChI is InChI=1S/C25H25N5O/c31-25(18-10-12-21(13-11-18)30-15-4-1-5-16-30)27-20-8-3-2-7-19(17-20)23-28-22-9-6-14-26-24(22)29-23/h2-3,6-14H,1,4-5,15-17H2,(H,27,31)(H,26,28,29). The largest absolute Gasteiger partial charge is 0.372 e. The number of fused-ring (bicyclic) bond motifs is 1. The Hall–Kier alpha value is -3.67. The molecular formula is C25H25N5O. The SMILES string of the molecule is O=C(NC1=CC=CC=C(c2nc3ncccc3[nH]2)C1)c1ccc(N2CCCCC2)cc1. The number of piperidine rings is 1. The topological polar surface area (TPSA) is 73.9 Å². The molecule has 1 aliphatic heterocycles. The molecule has 3 heterocycles. The highest BCUT2D eigenvalue weighted by molar-refractivity contribution is 5.96. The van der Waals surface area contributed by atoms with Crippen LogP contribution >= 0.6 is 0 Å². The third-order valence-electron chi connectivity index (χ3n) is 5.77. The van der Waals surface area contributed by atoms with E-state index < -0.39 is 0 Å². The number of rotatable bonds is 4. The number of nitrogens with one attached hydrogen (secondary N) is 2. The fourth-order valence-electron chi connectivity index (χ4n) is 4.11. The normalized spacial score (nSPS) is 16.6. The second kappa shape index (κ2) is 8.60. The van der Waals surface area contributed by atoms with Gasteiger partial charge in [0.15, 0.2) is 5.65 Å². The molecule has 1 amide bonds. The molecule has 1 aromatic carbocycles. The van der Waals surface area contributed by atoms with Gasteiger partial charge >= 0.3 is 0 Å². The van der Waals surface area contributed by atoms with Crippen LogP contribution in [0.5, 0.6) is 0 Å². The van der Waals surface area contributed by atoms with Crippen molar-refractivity contribution in [2.24, 2.45) is 0 Å². The number of anilines is 1. The number of hydrogen-bond acceptors (Lipinski definition) is 4. The molecule has 0 saturated carbocycles. The van der Waals surface area contributed by atoms with Gasteiger partial charge in [-0.1, -0.05) is 18.2 Å². The number of carbonyl (C=O) groups is 1. The molecule has 31 heavy (non-hydrogen) atoms. The summed E-state index contributed by atoms with van der Waals surface area (Å²) in [6.07, 6.45) is 13.9. The van der Waals surface area contributed by atoms with Gasteiger partial charge in [-0.2, -0.15) is 0 Å². The van der Waals surface area contributed by atoms with E-state index in [-0.39, 0.29) is 5.91 Å². The molecule has 0 spiro atoms. The average molecular weight is 412 g/mol. The molecule has 156 valence electrons. The summed E-state index contributed by atoms with van der Waals surface area (Å²) in [7, 11) is 0. The lowest BCUT2D eigenvalue weighted by molar-refractivity contribution is 0.0965. The predicted molar refractivity (Wildman–Crippen MR) is 124 cm³/mol. The maximum Gasteiger partial charge on any atom is 0.255 e. The number of amides is 1. The Morgan fingerprint density at radius 2 is 1.81 bits per heavy atom. The summed E-state index contributed by atoms with van der Waals surface area (Å²) in [5.74, 6) is 0.670. The number of carbonyl (C=O) groups excluding carboxylic acids is 1. The minimum absolute atomic E-state index is 0.0997. The highest BCUT2D eigenvalue weighted by atomic mass is 16.1. The van der Waals surface area contributed by atoms with Crippen LogP contribution in [-0.4, -0.2) is 33.9 Å². The maximum atomic E-state index is 12.9.